The van der Waals surface area contributed by atoms with Crippen LogP contribution in [0.4, 0.5) is 11.4 Å². The minimum absolute atomic E-state index is 0.0990. The highest BCUT2D eigenvalue weighted by molar-refractivity contribution is 7.80. The zero-order valence-electron chi connectivity index (χ0n) is 15.5. The number of nitro benzene ring substituents is 1. The molecule has 0 bridgehead atoms. The van der Waals surface area contributed by atoms with Crippen LogP contribution in [0.2, 0.25) is 5.02 Å². The number of hydrogen-bond donors (Lipinski definition) is 0. The van der Waals surface area contributed by atoms with Crippen LogP contribution < -0.4 is 4.90 Å². The van der Waals surface area contributed by atoms with Crippen LogP contribution in [-0.4, -0.2) is 41.0 Å². The summed E-state index contributed by atoms with van der Waals surface area (Å²) in [5, 5.41) is 11.5. The zero-order valence-corrected chi connectivity index (χ0v) is 17.0. The summed E-state index contributed by atoms with van der Waals surface area (Å²) >= 11 is 11.7. The van der Waals surface area contributed by atoms with Crippen LogP contribution in [0.3, 0.4) is 0 Å². The molecule has 0 aliphatic carbocycles. The Morgan fingerprint density at radius 2 is 1.76 bits per heavy atom. The second kappa shape index (κ2) is 8.23. The predicted molar refractivity (Wildman–Crippen MR) is 118 cm³/mol. The Hall–Kier alpha value is -2.90. The van der Waals surface area contributed by atoms with Gasteiger partial charge in [0.1, 0.15) is 10.7 Å². The number of halogens is 1. The van der Waals surface area contributed by atoms with E-state index in [1.807, 2.05) is 36.4 Å². The van der Waals surface area contributed by atoms with Crippen molar-refractivity contribution in [1.29, 1.82) is 0 Å². The van der Waals surface area contributed by atoms with E-state index in [-0.39, 0.29) is 10.6 Å². The Morgan fingerprint density at radius 1 is 1.03 bits per heavy atom. The van der Waals surface area contributed by atoms with Gasteiger partial charge in [-0.3, -0.25) is 10.1 Å². The lowest BCUT2D eigenvalue weighted by atomic mass is 10.2. The molecule has 0 N–H and O–H groups in total. The van der Waals surface area contributed by atoms with Crippen molar-refractivity contribution in [3.8, 4) is 11.3 Å². The molecule has 1 aromatic heterocycles. The van der Waals surface area contributed by atoms with Gasteiger partial charge in [0.05, 0.1) is 4.92 Å². The van der Waals surface area contributed by atoms with Crippen LogP contribution in [0.5, 0.6) is 0 Å². The van der Waals surface area contributed by atoms with E-state index >= 15 is 0 Å². The topological polar surface area (TPSA) is 62.8 Å². The summed E-state index contributed by atoms with van der Waals surface area (Å²) in [5.74, 6) is 1.40. The zero-order chi connectivity index (χ0) is 20.4. The SMILES string of the molecule is O=[N+]([O-])c1ccc(N2CCN(C(=S)c3ccc(-c4cccc(Cl)c4)o3)CC2)cc1. The second-order valence-electron chi connectivity index (χ2n) is 6.73. The molecule has 1 fully saturated rings. The Bertz CT molecular complexity index is 1040. The lowest BCUT2D eigenvalue weighted by Crippen LogP contribution is -2.48. The first-order valence-corrected chi connectivity index (χ1v) is 9.94. The van der Waals surface area contributed by atoms with Gasteiger partial charge in [0, 0.05) is 54.6 Å². The molecule has 29 heavy (non-hydrogen) atoms. The number of piperazine rings is 1. The molecule has 2 heterocycles. The molecular formula is C21H18ClN3O3S. The summed E-state index contributed by atoms with van der Waals surface area (Å²) in [5.41, 5.74) is 1.99. The van der Waals surface area contributed by atoms with E-state index < -0.39 is 0 Å². The van der Waals surface area contributed by atoms with Crippen molar-refractivity contribution in [3.63, 3.8) is 0 Å². The van der Waals surface area contributed by atoms with Crippen LogP contribution in [0.25, 0.3) is 11.3 Å². The van der Waals surface area contributed by atoms with E-state index in [1.165, 1.54) is 12.1 Å². The average molecular weight is 428 g/mol. The fourth-order valence-corrected chi connectivity index (χ4v) is 3.84. The summed E-state index contributed by atoms with van der Waals surface area (Å²) < 4.78 is 5.97. The van der Waals surface area contributed by atoms with Crippen LogP contribution >= 0.6 is 23.8 Å². The summed E-state index contributed by atoms with van der Waals surface area (Å²) in [6.07, 6.45) is 0. The van der Waals surface area contributed by atoms with Gasteiger partial charge in [-0.2, -0.15) is 0 Å². The summed E-state index contributed by atoms with van der Waals surface area (Å²) in [4.78, 5) is 15.4. The highest BCUT2D eigenvalue weighted by atomic mass is 35.5. The maximum atomic E-state index is 10.8. The van der Waals surface area contributed by atoms with Gasteiger partial charge >= 0.3 is 0 Å². The molecule has 0 unspecified atom stereocenters. The van der Waals surface area contributed by atoms with Gasteiger partial charge in [0.15, 0.2) is 5.76 Å². The molecule has 2 aromatic carbocycles. The molecule has 0 spiro atoms. The quantitative estimate of drug-likeness (QED) is 0.331. The summed E-state index contributed by atoms with van der Waals surface area (Å²) in [6.45, 7) is 3.06. The number of non-ortho nitro benzene ring substituents is 1. The third kappa shape index (κ3) is 4.26. The maximum absolute atomic E-state index is 10.8. The van der Waals surface area contributed by atoms with Crippen molar-refractivity contribution in [2.45, 2.75) is 0 Å². The molecule has 1 aliphatic rings. The Balaban J connectivity index is 1.40. The van der Waals surface area contributed by atoms with Gasteiger partial charge in [-0.05, 0) is 36.4 Å². The molecular weight excluding hydrogens is 410 g/mol. The van der Waals surface area contributed by atoms with E-state index in [1.54, 1.807) is 12.1 Å². The van der Waals surface area contributed by atoms with Gasteiger partial charge in [0.25, 0.3) is 5.69 Å². The van der Waals surface area contributed by atoms with Crippen LogP contribution in [0, 0.1) is 10.1 Å². The average Bonchev–Trinajstić information content (AvgIpc) is 3.24. The van der Waals surface area contributed by atoms with Gasteiger partial charge < -0.3 is 14.2 Å². The molecule has 148 valence electrons. The fraction of sp³-hybridized carbons (Fsp3) is 0.190. The number of thiocarbonyl (C=S) groups is 1. The predicted octanol–water partition coefficient (Wildman–Crippen LogP) is 5.01. The Morgan fingerprint density at radius 3 is 2.41 bits per heavy atom. The number of anilines is 1. The van der Waals surface area contributed by atoms with Crippen molar-refractivity contribution in [2.24, 2.45) is 0 Å². The Labute approximate surface area is 178 Å². The summed E-state index contributed by atoms with van der Waals surface area (Å²) in [7, 11) is 0. The third-order valence-electron chi connectivity index (χ3n) is 4.92. The maximum Gasteiger partial charge on any atom is 0.269 e. The first kappa shape index (κ1) is 19.4. The molecule has 4 rings (SSSR count). The van der Waals surface area contributed by atoms with Crippen LogP contribution in [0.15, 0.2) is 65.1 Å². The molecule has 0 atom stereocenters. The lowest BCUT2D eigenvalue weighted by Gasteiger charge is -2.36. The van der Waals surface area contributed by atoms with E-state index in [4.69, 9.17) is 28.2 Å². The third-order valence-corrected chi connectivity index (χ3v) is 5.61. The molecule has 3 aromatic rings. The molecule has 0 radical (unpaired) electrons. The number of nitro groups is 1. The van der Waals surface area contributed by atoms with Crippen LogP contribution in [-0.2, 0) is 0 Å². The summed E-state index contributed by atoms with van der Waals surface area (Å²) in [6, 6.07) is 17.9. The standard InChI is InChI=1S/C21H18ClN3O3S/c22-16-3-1-2-15(14-16)19-8-9-20(28-19)21(29)24-12-10-23(11-13-24)17-4-6-18(7-5-17)25(26)27/h1-9,14H,10-13H2. The van der Waals surface area contributed by atoms with E-state index in [0.717, 1.165) is 43.2 Å². The molecule has 0 amide bonds. The number of furan rings is 1. The normalized spacial score (nSPS) is 14.1. The minimum atomic E-state index is -0.388. The van der Waals surface area contributed by atoms with Crippen molar-refractivity contribution in [1.82, 2.24) is 4.90 Å². The first-order chi connectivity index (χ1) is 14.0. The number of hydrogen-bond acceptors (Lipinski definition) is 5. The monoisotopic (exact) mass is 427 g/mol. The highest BCUT2D eigenvalue weighted by Gasteiger charge is 2.22. The number of benzene rings is 2. The van der Waals surface area contributed by atoms with Crippen molar-refractivity contribution in [2.75, 3.05) is 31.1 Å². The van der Waals surface area contributed by atoms with Crippen molar-refractivity contribution in [3.05, 3.63) is 81.6 Å². The van der Waals surface area contributed by atoms with E-state index in [0.29, 0.717) is 15.8 Å². The molecule has 6 nitrogen and oxygen atoms in total. The van der Waals surface area contributed by atoms with Gasteiger partial charge in [-0.1, -0.05) is 36.0 Å². The number of nitrogens with zero attached hydrogens (tertiary/aromatic N) is 3. The minimum Gasteiger partial charge on any atom is -0.454 e. The fourth-order valence-electron chi connectivity index (χ4n) is 3.36. The second-order valence-corrected chi connectivity index (χ2v) is 7.55. The molecule has 1 saturated heterocycles. The van der Waals surface area contributed by atoms with Gasteiger partial charge in [0.2, 0.25) is 0 Å². The molecule has 8 heteroatoms. The van der Waals surface area contributed by atoms with Crippen molar-refractivity contribution >= 4 is 40.2 Å². The van der Waals surface area contributed by atoms with Crippen molar-refractivity contribution < 1.29 is 9.34 Å². The largest absolute Gasteiger partial charge is 0.454 e. The van der Waals surface area contributed by atoms with E-state index in [9.17, 15) is 10.1 Å². The smallest absolute Gasteiger partial charge is 0.269 e. The Kier molecular flexibility index (Phi) is 5.51. The lowest BCUT2D eigenvalue weighted by molar-refractivity contribution is -0.384. The molecule has 0 saturated carbocycles. The van der Waals surface area contributed by atoms with Gasteiger partial charge in [-0.15, -0.1) is 0 Å². The highest BCUT2D eigenvalue weighted by Crippen LogP contribution is 2.26. The first-order valence-electron chi connectivity index (χ1n) is 9.16. The molecule has 1 aliphatic heterocycles. The van der Waals surface area contributed by atoms with Crippen LogP contribution in [0.1, 0.15) is 5.76 Å². The van der Waals surface area contributed by atoms with E-state index in [2.05, 4.69) is 9.80 Å². The number of rotatable bonds is 4. The van der Waals surface area contributed by atoms with Gasteiger partial charge in [-0.25, -0.2) is 0 Å².